The summed E-state index contributed by atoms with van der Waals surface area (Å²) in [5.74, 6) is -13.8. The van der Waals surface area contributed by atoms with Gasteiger partial charge in [-0.1, -0.05) is 40.5 Å². The van der Waals surface area contributed by atoms with Gasteiger partial charge in [-0.3, -0.25) is 47.9 Å². The molecule has 0 radical (unpaired) electrons. The molecule has 0 heterocycles. The second-order valence-electron chi connectivity index (χ2n) is 14.6. The van der Waals surface area contributed by atoms with E-state index in [2.05, 4.69) is 37.2 Å². The number of aliphatic hydroxyl groups excluding tert-OH is 1. The van der Waals surface area contributed by atoms with Crippen molar-refractivity contribution in [3.63, 3.8) is 0 Å². The van der Waals surface area contributed by atoms with Gasteiger partial charge in [-0.05, 0) is 50.0 Å². The molecule has 0 aromatic rings. The predicted octanol–water partition coefficient (Wildman–Crippen LogP) is -3.15. The van der Waals surface area contributed by atoms with Gasteiger partial charge in [0.25, 0.3) is 0 Å². The molecule has 0 aromatic heterocycles. The normalized spacial score (nSPS) is 15.8. The number of carbonyl (C=O) groups is 11. The molecule has 0 aliphatic carbocycles. The molecule has 0 aromatic carbocycles. The van der Waals surface area contributed by atoms with Crippen LogP contribution in [0.15, 0.2) is 0 Å². The maximum Gasteiger partial charge on any atom is 0.326 e. The molecule has 7 amide bonds. The predicted molar refractivity (Wildman–Crippen MR) is 220 cm³/mol. The summed E-state index contributed by atoms with van der Waals surface area (Å²) in [5, 5.41) is 63.7. The van der Waals surface area contributed by atoms with Crippen molar-refractivity contribution in [3.05, 3.63) is 0 Å². The van der Waals surface area contributed by atoms with Crippen LogP contribution in [0, 0.1) is 11.8 Å². The number of nitrogens with two attached hydrogens (primary N) is 1. The van der Waals surface area contributed by atoms with Crippen LogP contribution in [0.3, 0.4) is 0 Å². The lowest BCUT2D eigenvalue weighted by Crippen LogP contribution is -2.62. The number of hydrogen-bond acceptors (Lipinski definition) is 14. The molecule has 10 atom stereocenters. The Morgan fingerprint density at radius 2 is 0.887 bits per heavy atom. The first-order chi connectivity index (χ1) is 28.9. The number of carboxylic acid groups (broad SMARTS) is 4. The Bertz CT molecular complexity index is 1600. The first-order valence-corrected chi connectivity index (χ1v) is 21.2. The van der Waals surface area contributed by atoms with Crippen LogP contribution < -0.4 is 43.0 Å². The van der Waals surface area contributed by atoms with Gasteiger partial charge in [0.05, 0.1) is 19.1 Å². The van der Waals surface area contributed by atoms with E-state index in [4.69, 9.17) is 10.8 Å². The van der Waals surface area contributed by atoms with Crippen LogP contribution in [0.1, 0.15) is 86.0 Å². The maximum atomic E-state index is 14.0. The molecule has 62 heavy (non-hydrogen) atoms. The highest BCUT2D eigenvalue weighted by Crippen LogP contribution is 2.15. The van der Waals surface area contributed by atoms with Gasteiger partial charge in [-0.15, -0.1) is 0 Å². The Morgan fingerprint density at radius 1 is 0.516 bits per heavy atom. The van der Waals surface area contributed by atoms with Crippen LogP contribution >= 0.6 is 11.8 Å². The van der Waals surface area contributed by atoms with Crippen LogP contribution in [-0.2, 0) is 52.7 Å². The minimum atomic E-state index is -1.81. The lowest BCUT2D eigenvalue weighted by molar-refractivity contribution is -0.147. The summed E-state index contributed by atoms with van der Waals surface area (Å²) in [4.78, 5) is 139. The van der Waals surface area contributed by atoms with E-state index in [1.165, 1.54) is 11.8 Å². The number of nitrogens with one attached hydrogen (secondary N) is 7. The van der Waals surface area contributed by atoms with E-state index >= 15 is 0 Å². The van der Waals surface area contributed by atoms with Crippen molar-refractivity contribution in [2.24, 2.45) is 17.6 Å². The van der Waals surface area contributed by atoms with Crippen LogP contribution in [0.4, 0.5) is 0 Å². The molecule has 25 heteroatoms. The largest absolute Gasteiger partial charge is 0.481 e. The molecule has 0 fully saturated rings. The fourth-order valence-corrected chi connectivity index (χ4v) is 6.03. The second kappa shape index (κ2) is 28.9. The van der Waals surface area contributed by atoms with Gasteiger partial charge in [-0.2, -0.15) is 11.8 Å². The molecule has 0 saturated heterocycles. The van der Waals surface area contributed by atoms with Crippen molar-refractivity contribution in [2.75, 3.05) is 18.6 Å². The molecule has 0 saturated carbocycles. The second-order valence-corrected chi connectivity index (χ2v) is 15.5. The van der Waals surface area contributed by atoms with E-state index in [1.54, 1.807) is 34.0 Å². The van der Waals surface area contributed by atoms with E-state index < -0.39 is 164 Å². The highest BCUT2D eigenvalue weighted by Gasteiger charge is 2.37. The number of carboxylic acids is 4. The standard InChI is InChI=1S/C37H62N8O16S/c1-7-17(3)28(34(57)41-22(13-14-62-6)32(55)42-23(37(60)61)15-27(52)53)45-35(58)29(18(4)8-2)44-33(56)21(10-12-26(50)51)39-31(54)20(9-11-25(48)49)40-36(59)30(19(5)46)43-24(47)16-38/h17-23,28-30,46H,7-16,38H2,1-6H3,(H,39,54)(H,40,59)(H,41,57)(H,42,55)(H,43,47)(H,44,56)(H,45,58)(H,48,49)(H,50,51)(H,52,53)(H,60,61)/t17-,18-,19+,20-,21-,22-,23-,28-,29-,30-/m0/s1. The molecule has 0 aliphatic heterocycles. The smallest absolute Gasteiger partial charge is 0.326 e. The van der Waals surface area contributed by atoms with Crippen molar-refractivity contribution in [1.29, 1.82) is 0 Å². The van der Waals surface area contributed by atoms with E-state index in [-0.39, 0.29) is 12.8 Å². The van der Waals surface area contributed by atoms with Crippen molar-refractivity contribution < 1.29 is 78.3 Å². The molecule has 0 aliphatic rings. The quantitative estimate of drug-likeness (QED) is 0.0327. The van der Waals surface area contributed by atoms with Gasteiger partial charge in [0.15, 0.2) is 0 Å². The summed E-state index contributed by atoms with van der Waals surface area (Å²) < 4.78 is 0. The van der Waals surface area contributed by atoms with Gasteiger partial charge in [0, 0.05) is 12.8 Å². The minimum absolute atomic E-state index is 0.0127. The number of aliphatic hydroxyl groups is 1. The highest BCUT2D eigenvalue weighted by atomic mass is 32.2. The zero-order valence-corrected chi connectivity index (χ0v) is 36.4. The first-order valence-electron chi connectivity index (χ1n) is 19.8. The Kier molecular flexibility index (Phi) is 26.3. The first kappa shape index (κ1) is 56.4. The topological polar surface area (TPSA) is 399 Å². The minimum Gasteiger partial charge on any atom is -0.481 e. The molecule has 0 rings (SSSR count). The number of amides is 7. The summed E-state index contributed by atoms with van der Waals surface area (Å²) in [5.41, 5.74) is 5.27. The Labute approximate surface area is 362 Å². The summed E-state index contributed by atoms with van der Waals surface area (Å²) in [6.07, 6.45) is -2.68. The van der Waals surface area contributed by atoms with Gasteiger partial charge >= 0.3 is 23.9 Å². The van der Waals surface area contributed by atoms with Crippen molar-refractivity contribution >= 4 is 77.0 Å². The Balaban J connectivity index is 6.62. The zero-order valence-electron chi connectivity index (χ0n) is 35.6. The average molecular weight is 907 g/mol. The highest BCUT2D eigenvalue weighted by molar-refractivity contribution is 7.98. The van der Waals surface area contributed by atoms with Crippen molar-refractivity contribution in [1.82, 2.24) is 37.2 Å². The molecule has 0 spiro atoms. The Hall–Kier alpha value is -5.56. The molecular weight excluding hydrogens is 845 g/mol. The van der Waals surface area contributed by atoms with E-state index in [0.717, 1.165) is 6.92 Å². The SMILES string of the molecule is CC[C@H](C)[C@H](NC(=O)[C@H](CCC(=O)O)NC(=O)[C@H](CCC(=O)O)NC(=O)[C@@H](NC(=O)CN)[C@@H](C)O)C(=O)N[C@H](C(=O)N[C@@H](CCSC)C(=O)N[C@@H](CC(=O)O)C(=O)O)[C@@H](C)CC. The third-order valence-electron chi connectivity index (χ3n) is 9.65. The maximum absolute atomic E-state index is 14.0. The molecule has 352 valence electrons. The fraction of sp³-hybridized carbons (Fsp3) is 0.703. The molecule has 14 N–H and O–H groups in total. The number of hydrogen-bond donors (Lipinski definition) is 13. The van der Waals surface area contributed by atoms with Gasteiger partial charge in [-0.25, -0.2) is 4.79 Å². The van der Waals surface area contributed by atoms with Crippen LogP contribution in [-0.4, -0.2) is 158 Å². The van der Waals surface area contributed by atoms with E-state index in [9.17, 15) is 73.2 Å². The lowest BCUT2D eigenvalue weighted by Gasteiger charge is -2.31. The molecule has 24 nitrogen and oxygen atoms in total. The van der Waals surface area contributed by atoms with Crippen LogP contribution in [0.2, 0.25) is 0 Å². The average Bonchev–Trinajstić information content (AvgIpc) is 3.20. The van der Waals surface area contributed by atoms with Crippen molar-refractivity contribution in [3.8, 4) is 0 Å². The third-order valence-corrected chi connectivity index (χ3v) is 10.3. The van der Waals surface area contributed by atoms with Crippen molar-refractivity contribution in [2.45, 2.75) is 134 Å². The molecular formula is C37H62N8O16S. The Morgan fingerprint density at radius 3 is 1.26 bits per heavy atom. The monoisotopic (exact) mass is 906 g/mol. The molecule has 0 bridgehead atoms. The summed E-state index contributed by atoms with van der Waals surface area (Å²) >= 11 is 1.30. The van der Waals surface area contributed by atoms with Gasteiger partial charge in [0.1, 0.15) is 42.3 Å². The van der Waals surface area contributed by atoms with Crippen LogP contribution in [0.5, 0.6) is 0 Å². The number of thioether (sulfide) groups is 1. The van der Waals surface area contributed by atoms with Gasteiger partial charge < -0.3 is 68.5 Å². The number of aliphatic carboxylic acids is 4. The van der Waals surface area contributed by atoms with Crippen LogP contribution in [0.25, 0.3) is 0 Å². The summed E-state index contributed by atoms with van der Waals surface area (Å²) in [7, 11) is 0. The number of carbonyl (C=O) groups excluding carboxylic acids is 7. The molecule has 0 unspecified atom stereocenters. The van der Waals surface area contributed by atoms with E-state index in [1.807, 2.05) is 0 Å². The van der Waals surface area contributed by atoms with E-state index in [0.29, 0.717) is 12.2 Å². The number of rotatable bonds is 31. The summed E-state index contributed by atoms with van der Waals surface area (Å²) in [6.45, 7) is 7.15. The summed E-state index contributed by atoms with van der Waals surface area (Å²) in [6, 6.07) is -11.0. The third kappa shape index (κ3) is 20.8. The lowest BCUT2D eigenvalue weighted by atomic mass is 9.94. The van der Waals surface area contributed by atoms with Gasteiger partial charge in [0.2, 0.25) is 41.4 Å². The fourth-order valence-electron chi connectivity index (χ4n) is 5.56. The zero-order chi connectivity index (χ0) is 47.9.